The Morgan fingerprint density at radius 2 is 1.70 bits per heavy atom. The van der Waals surface area contributed by atoms with E-state index in [1.165, 1.54) is 28.6 Å². The number of aliphatic hydroxyl groups is 1. The number of β-amino-alcohol motifs (C(OH)–C–C–N with tert-alkyl or cyclic N) is 1. The lowest BCUT2D eigenvalue weighted by molar-refractivity contribution is 0.151. The SMILES string of the molecule is O=S(=O)(Cc1ccc(F)cc1)N1CCN(CCO)CC1. The fourth-order valence-electron chi connectivity index (χ4n) is 2.26. The van der Waals surface area contributed by atoms with Crippen molar-refractivity contribution < 1.29 is 17.9 Å². The van der Waals surface area contributed by atoms with Gasteiger partial charge in [-0.25, -0.2) is 12.8 Å². The van der Waals surface area contributed by atoms with E-state index in [9.17, 15) is 12.8 Å². The molecule has 1 saturated heterocycles. The fraction of sp³-hybridized carbons (Fsp3) is 0.538. The van der Waals surface area contributed by atoms with Crippen molar-refractivity contribution in [3.63, 3.8) is 0 Å². The normalized spacial score (nSPS) is 18.3. The summed E-state index contributed by atoms with van der Waals surface area (Å²) in [5.41, 5.74) is 0.587. The summed E-state index contributed by atoms with van der Waals surface area (Å²) < 4.78 is 38.8. The average molecular weight is 302 g/mol. The largest absolute Gasteiger partial charge is 0.395 e. The van der Waals surface area contributed by atoms with Gasteiger partial charge in [-0.05, 0) is 17.7 Å². The lowest BCUT2D eigenvalue weighted by atomic mass is 10.2. The molecule has 5 nitrogen and oxygen atoms in total. The first-order valence-corrected chi connectivity index (χ1v) is 8.18. The van der Waals surface area contributed by atoms with Crippen molar-refractivity contribution in [1.29, 1.82) is 0 Å². The minimum absolute atomic E-state index is 0.0856. The van der Waals surface area contributed by atoms with Crippen molar-refractivity contribution in [2.24, 2.45) is 0 Å². The molecular formula is C13H19FN2O3S. The molecule has 0 aromatic heterocycles. The third-order valence-corrected chi connectivity index (χ3v) is 5.25. The topological polar surface area (TPSA) is 60.9 Å². The van der Waals surface area contributed by atoms with E-state index in [-0.39, 0.29) is 18.2 Å². The molecule has 0 bridgehead atoms. The van der Waals surface area contributed by atoms with Gasteiger partial charge in [0.05, 0.1) is 12.4 Å². The molecule has 0 unspecified atom stereocenters. The maximum Gasteiger partial charge on any atom is 0.218 e. The summed E-state index contributed by atoms with van der Waals surface area (Å²) >= 11 is 0. The van der Waals surface area contributed by atoms with Crippen LogP contribution in [-0.2, 0) is 15.8 Å². The van der Waals surface area contributed by atoms with E-state index in [1.807, 2.05) is 4.90 Å². The highest BCUT2D eigenvalue weighted by Crippen LogP contribution is 2.14. The van der Waals surface area contributed by atoms with E-state index in [4.69, 9.17) is 5.11 Å². The second-order valence-electron chi connectivity index (χ2n) is 4.85. The number of rotatable bonds is 5. The van der Waals surface area contributed by atoms with E-state index in [0.29, 0.717) is 38.3 Å². The highest BCUT2D eigenvalue weighted by molar-refractivity contribution is 7.88. The predicted molar refractivity (Wildman–Crippen MR) is 74.1 cm³/mol. The average Bonchev–Trinajstić information content (AvgIpc) is 2.42. The lowest BCUT2D eigenvalue weighted by Crippen LogP contribution is -2.49. The maximum atomic E-state index is 12.8. The number of piperazine rings is 1. The number of aliphatic hydroxyl groups excluding tert-OH is 1. The molecule has 1 fully saturated rings. The van der Waals surface area contributed by atoms with Crippen LogP contribution in [-0.4, -0.2) is 62.1 Å². The predicted octanol–water partition coefficient (Wildman–Crippen LogP) is 0.265. The van der Waals surface area contributed by atoms with Gasteiger partial charge in [0.2, 0.25) is 10.0 Å². The van der Waals surface area contributed by atoms with Crippen LogP contribution in [0, 0.1) is 5.82 Å². The Morgan fingerprint density at radius 1 is 1.10 bits per heavy atom. The molecule has 112 valence electrons. The molecule has 0 aliphatic carbocycles. The standard InChI is InChI=1S/C13H19FN2O3S/c14-13-3-1-12(2-4-13)11-20(18,19)16-7-5-15(6-8-16)9-10-17/h1-4,17H,5-11H2. The zero-order chi connectivity index (χ0) is 14.6. The van der Waals surface area contributed by atoms with Crippen LogP contribution < -0.4 is 0 Å². The van der Waals surface area contributed by atoms with Crippen molar-refractivity contribution in [3.8, 4) is 0 Å². The summed E-state index contributed by atoms with van der Waals surface area (Å²) in [5.74, 6) is -0.475. The van der Waals surface area contributed by atoms with Crippen LogP contribution in [0.2, 0.25) is 0 Å². The van der Waals surface area contributed by atoms with Crippen molar-refractivity contribution in [3.05, 3.63) is 35.6 Å². The van der Waals surface area contributed by atoms with E-state index in [2.05, 4.69) is 0 Å². The molecule has 20 heavy (non-hydrogen) atoms. The molecule has 0 saturated carbocycles. The first kappa shape index (κ1) is 15.4. The number of hydrogen-bond donors (Lipinski definition) is 1. The van der Waals surface area contributed by atoms with Gasteiger partial charge in [0.1, 0.15) is 5.82 Å². The van der Waals surface area contributed by atoms with Gasteiger partial charge in [0.25, 0.3) is 0 Å². The second kappa shape index (κ2) is 6.62. The molecular weight excluding hydrogens is 283 g/mol. The molecule has 0 radical (unpaired) electrons. The molecule has 0 atom stereocenters. The molecule has 1 aromatic rings. The molecule has 0 spiro atoms. The molecule has 1 heterocycles. The van der Waals surface area contributed by atoms with E-state index in [1.54, 1.807) is 0 Å². The second-order valence-corrected chi connectivity index (χ2v) is 6.82. The highest BCUT2D eigenvalue weighted by Gasteiger charge is 2.26. The first-order valence-electron chi connectivity index (χ1n) is 6.57. The molecule has 0 amide bonds. The third kappa shape index (κ3) is 3.99. The van der Waals surface area contributed by atoms with Crippen LogP contribution >= 0.6 is 0 Å². The monoisotopic (exact) mass is 302 g/mol. The van der Waals surface area contributed by atoms with Gasteiger partial charge in [-0.2, -0.15) is 4.31 Å². The Labute approximate surface area is 118 Å². The first-order chi connectivity index (χ1) is 9.51. The number of sulfonamides is 1. The Balaban J connectivity index is 1.96. The van der Waals surface area contributed by atoms with Gasteiger partial charge in [-0.1, -0.05) is 12.1 Å². The number of nitrogens with zero attached hydrogens (tertiary/aromatic N) is 2. The van der Waals surface area contributed by atoms with Crippen LogP contribution in [0.3, 0.4) is 0 Å². The summed E-state index contributed by atoms with van der Waals surface area (Å²) in [4.78, 5) is 2.03. The number of halogens is 1. The smallest absolute Gasteiger partial charge is 0.218 e. The van der Waals surface area contributed by atoms with Gasteiger partial charge in [0, 0.05) is 32.7 Å². The Morgan fingerprint density at radius 3 is 2.25 bits per heavy atom. The molecule has 7 heteroatoms. The minimum atomic E-state index is -3.37. The van der Waals surface area contributed by atoms with Crippen molar-refractivity contribution in [1.82, 2.24) is 9.21 Å². The van der Waals surface area contributed by atoms with Gasteiger partial charge < -0.3 is 5.11 Å². The Hall–Kier alpha value is -1.02. The fourth-order valence-corrected chi connectivity index (χ4v) is 3.77. The van der Waals surface area contributed by atoms with Crippen LogP contribution in [0.25, 0.3) is 0 Å². The van der Waals surface area contributed by atoms with Gasteiger partial charge in [-0.15, -0.1) is 0 Å². The van der Waals surface area contributed by atoms with Crippen molar-refractivity contribution in [2.75, 3.05) is 39.3 Å². The molecule has 1 aliphatic rings. The zero-order valence-electron chi connectivity index (χ0n) is 11.2. The van der Waals surface area contributed by atoms with E-state index < -0.39 is 10.0 Å². The molecule has 1 aromatic carbocycles. The zero-order valence-corrected chi connectivity index (χ0v) is 12.0. The number of benzene rings is 1. The van der Waals surface area contributed by atoms with Gasteiger partial charge in [-0.3, -0.25) is 4.90 Å². The summed E-state index contributed by atoms with van der Waals surface area (Å²) in [6.07, 6.45) is 0. The van der Waals surface area contributed by atoms with Crippen molar-refractivity contribution in [2.45, 2.75) is 5.75 Å². The summed E-state index contributed by atoms with van der Waals surface area (Å²) in [6, 6.07) is 5.53. The summed E-state index contributed by atoms with van der Waals surface area (Å²) in [7, 11) is -3.37. The van der Waals surface area contributed by atoms with Crippen LogP contribution in [0.5, 0.6) is 0 Å². The van der Waals surface area contributed by atoms with Gasteiger partial charge in [0.15, 0.2) is 0 Å². The van der Waals surface area contributed by atoms with Gasteiger partial charge >= 0.3 is 0 Å². The van der Waals surface area contributed by atoms with Crippen LogP contribution in [0.4, 0.5) is 4.39 Å². The molecule has 2 rings (SSSR count). The molecule has 1 aliphatic heterocycles. The Kier molecular flexibility index (Phi) is 5.09. The quantitative estimate of drug-likeness (QED) is 0.848. The minimum Gasteiger partial charge on any atom is -0.395 e. The number of hydrogen-bond acceptors (Lipinski definition) is 4. The van der Waals surface area contributed by atoms with E-state index >= 15 is 0 Å². The lowest BCUT2D eigenvalue weighted by Gasteiger charge is -2.33. The van der Waals surface area contributed by atoms with Crippen LogP contribution in [0.1, 0.15) is 5.56 Å². The third-order valence-electron chi connectivity index (χ3n) is 3.40. The highest BCUT2D eigenvalue weighted by atomic mass is 32.2. The van der Waals surface area contributed by atoms with E-state index in [0.717, 1.165) is 0 Å². The maximum absolute atomic E-state index is 12.8. The molecule has 1 N–H and O–H groups in total. The van der Waals surface area contributed by atoms with Crippen LogP contribution in [0.15, 0.2) is 24.3 Å². The summed E-state index contributed by atoms with van der Waals surface area (Å²) in [5, 5.41) is 8.86. The summed E-state index contributed by atoms with van der Waals surface area (Å²) in [6.45, 7) is 2.79. The van der Waals surface area contributed by atoms with Crippen molar-refractivity contribution >= 4 is 10.0 Å². The Bertz CT molecular complexity index is 525.